The van der Waals surface area contributed by atoms with Crippen molar-refractivity contribution >= 4 is 7.14 Å². The zero-order valence-corrected chi connectivity index (χ0v) is 10.5. The van der Waals surface area contributed by atoms with Gasteiger partial charge in [0.25, 0.3) is 0 Å². The number of hydrogen-bond acceptors (Lipinski definition) is 1. The molecule has 2 heteroatoms. The predicted molar refractivity (Wildman–Crippen MR) is 67.0 cm³/mol. The highest BCUT2D eigenvalue weighted by molar-refractivity contribution is 7.66. The van der Waals surface area contributed by atoms with Gasteiger partial charge in [-0.25, -0.2) is 0 Å². The van der Waals surface area contributed by atoms with Crippen LogP contribution in [0.3, 0.4) is 0 Å². The summed E-state index contributed by atoms with van der Waals surface area (Å²) in [5, 5.41) is -0.0456. The molecular weight excluding hydrogens is 203 g/mol. The summed E-state index contributed by atoms with van der Waals surface area (Å²) in [5.41, 5.74) is 1.31. The molecule has 0 fully saturated rings. The lowest BCUT2D eigenvalue weighted by Crippen LogP contribution is -2.27. The summed E-state index contributed by atoms with van der Waals surface area (Å²) in [5.74, 6) is 0. The van der Waals surface area contributed by atoms with Crippen molar-refractivity contribution in [3.8, 4) is 0 Å². The molecule has 2 rings (SSSR count). The first-order chi connectivity index (χ1) is 7.12. The number of allylic oxidation sites excluding steroid dienone is 6. The molecule has 1 aliphatic heterocycles. The van der Waals surface area contributed by atoms with Gasteiger partial charge in [-0.1, -0.05) is 42.9 Å². The van der Waals surface area contributed by atoms with E-state index in [4.69, 9.17) is 0 Å². The third-order valence-electron chi connectivity index (χ3n) is 3.79. The second-order valence-electron chi connectivity index (χ2n) is 4.73. The fourth-order valence-corrected chi connectivity index (χ4v) is 6.40. The fourth-order valence-electron chi connectivity index (χ4n) is 2.68. The Morgan fingerprint density at radius 2 is 2.27 bits per heavy atom. The second-order valence-corrected chi connectivity index (χ2v) is 8.08. The van der Waals surface area contributed by atoms with Crippen LogP contribution in [0, 0.1) is 0 Å². The van der Waals surface area contributed by atoms with E-state index in [0.29, 0.717) is 0 Å². The molecule has 0 saturated carbocycles. The molecule has 0 aromatic heterocycles. The van der Waals surface area contributed by atoms with Crippen LogP contribution in [0.25, 0.3) is 0 Å². The maximum atomic E-state index is 13.0. The van der Waals surface area contributed by atoms with Crippen molar-refractivity contribution < 1.29 is 4.57 Å². The Bertz CT molecular complexity index is 389. The Kier molecular flexibility index (Phi) is 2.77. The smallest absolute Gasteiger partial charge is 0.105 e. The summed E-state index contributed by atoms with van der Waals surface area (Å²) in [7, 11) is -2.06. The number of hydrogen-bond donors (Lipinski definition) is 0. The fraction of sp³-hybridized carbons (Fsp3) is 0.538. The maximum Gasteiger partial charge on any atom is 0.105 e. The van der Waals surface area contributed by atoms with Crippen LogP contribution in [0.5, 0.6) is 0 Å². The topological polar surface area (TPSA) is 17.1 Å². The van der Waals surface area contributed by atoms with E-state index < -0.39 is 7.14 Å². The van der Waals surface area contributed by atoms with Crippen molar-refractivity contribution in [1.82, 2.24) is 0 Å². The molecule has 0 bridgehead atoms. The van der Waals surface area contributed by atoms with Crippen LogP contribution in [0.4, 0.5) is 0 Å². The van der Waals surface area contributed by atoms with Crippen molar-refractivity contribution in [2.45, 2.75) is 31.8 Å². The molecule has 1 heterocycles. The van der Waals surface area contributed by atoms with Gasteiger partial charge < -0.3 is 4.57 Å². The van der Waals surface area contributed by atoms with Gasteiger partial charge in [-0.2, -0.15) is 0 Å². The molecule has 1 nitrogen and oxygen atoms in total. The molecule has 0 spiro atoms. The monoisotopic (exact) mass is 222 g/mol. The minimum absolute atomic E-state index is 0.0456. The first-order valence-electron chi connectivity index (χ1n) is 5.70. The lowest BCUT2D eigenvalue weighted by molar-refractivity contribution is 0.539. The van der Waals surface area contributed by atoms with E-state index >= 15 is 0 Å². The summed E-state index contributed by atoms with van der Waals surface area (Å²) < 4.78 is 13.0. The van der Waals surface area contributed by atoms with Gasteiger partial charge in [-0.3, -0.25) is 0 Å². The summed E-state index contributed by atoms with van der Waals surface area (Å²) in [6.07, 6.45) is 14.3. The molecule has 2 unspecified atom stereocenters. The normalized spacial score (nSPS) is 39.5. The molecule has 0 amide bonds. The standard InChI is InChI=1S/C13H19OP/c1-3-13(8-5-4-6-9-13)15(14)10-7-12(2)11-15/h4-8H,3,9-11H2,1-2H3. The van der Waals surface area contributed by atoms with E-state index in [-0.39, 0.29) is 5.16 Å². The van der Waals surface area contributed by atoms with Gasteiger partial charge >= 0.3 is 0 Å². The van der Waals surface area contributed by atoms with Crippen LogP contribution in [-0.2, 0) is 4.57 Å². The molecule has 0 N–H and O–H groups in total. The van der Waals surface area contributed by atoms with Gasteiger partial charge in [-0.15, -0.1) is 0 Å². The van der Waals surface area contributed by atoms with Gasteiger partial charge in [0.15, 0.2) is 0 Å². The first-order valence-corrected chi connectivity index (χ1v) is 7.78. The lowest BCUT2D eigenvalue weighted by Gasteiger charge is -2.36. The van der Waals surface area contributed by atoms with Gasteiger partial charge in [-0.05, 0) is 19.8 Å². The van der Waals surface area contributed by atoms with Crippen LogP contribution in [0.2, 0.25) is 0 Å². The third kappa shape index (κ3) is 1.67. The van der Waals surface area contributed by atoms with Crippen LogP contribution in [0.1, 0.15) is 26.7 Å². The quantitative estimate of drug-likeness (QED) is 0.510. The molecule has 0 aromatic carbocycles. The van der Waals surface area contributed by atoms with Crippen molar-refractivity contribution in [3.63, 3.8) is 0 Å². The van der Waals surface area contributed by atoms with Crippen molar-refractivity contribution in [1.29, 1.82) is 0 Å². The highest BCUT2D eigenvalue weighted by atomic mass is 31.2. The largest absolute Gasteiger partial charge is 0.322 e. The third-order valence-corrected chi connectivity index (χ3v) is 7.84. The second kappa shape index (κ2) is 3.79. The van der Waals surface area contributed by atoms with Crippen LogP contribution >= 0.6 is 7.14 Å². The average Bonchev–Trinajstić information content (AvgIpc) is 2.61. The zero-order valence-electron chi connectivity index (χ0n) is 9.57. The summed E-state index contributed by atoms with van der Waals surface area (Å²) in [4.78, 5) is 0. The molecule has 2 aliphatic rings. The minimum Gasteiger partial charge on any atom is -0.322 e. The van der Waals surface area contributed by atoms with E-state index in [1.807, 2.05) is 0 Å². The molecule has 0 saturated heterocycles. The zero-order chi connectivity index (χ0) is 10.9. The Labute approximate surface area is 92.3 Å². The molecule has 1 aliphatic carbocycles. The Hall–Kier alpha value is -0.550. The molecule has 15 heavy (non-hydrogen) atoms. The maximum absolute atomic E-state index is 13.0. The Morgan fingerprint density at radius 1 is 1.47 bits per heavy atom. The summed E-state index contributed by atoms with van der Waals surface area (Å²) in [6, 6.07) is 0. The van der Waals surface area contributed by atoms with Gasteiger partial charge in [0.05, 0.1) is 0 Å². The minimum atomic E-state index is -2.06. The van der Waals surface area contributed by atoms with E-state index in [1.54, 1.807) is 0 Å². The van der Waals surface area contributed by atoms with Crippen molar-refractivity contribution in [3.05, 3.63) is 36.0 Å². The summed E-state index contributed by atoms with van der Waals surface area (Å²) in [6.45, 7) is 4.27. The van der Waals surface area contributed by atoms with Crippen LogP contribution < -0.4 is 0 Å². The van der Waals surface area contributed by atoms with Gasteiger partial charge in [0.2, 0.25) is 0 Å². The first kappa shape index (κ1) is 11.0. The van der Waals surface area contributed by atoms with Gasteiger partial charge in [0.1, 0.15) is 7.14 Å². The van der Waals surface area contributed by atoms with Gasteiger partial charge in [0, 0.05) is 17.5 Å². The molecule has 0 aromatic rings. The van der Waals surface area contributed by atoms with Crippen molar-refractivity contribution in [2.24, 2.45) is 0 Å². The highest BCUT2D eigenvalue weighted by Crippen LogP contribution is 2.65. The Balaban J connectivity index is 2.32. The molecular formula is C13H19OP. The number of rotatable bonds is 2. The lowest BCUT2D eigenvalue weighted by atomic mass is 9.97. The van der Waals surface area contributed by atoms with Crippen molar-refractivity contribution in [2.75, 3.05) is 12.3 Å². The van der Waals surface area contributed by atoms with E-state index in [0.717, 1.165) is 25.2 Å². The summed E-state index contributed by atoms with van der Waals surface area (Å²) >= 11 is 0. The molecule has 82 valence electrons. The Morgan fingerprint density at radius 3 is 2.73 bits per heavy atom. The van der Waals surface area contributed by atoms with Crippen LogP contribution in [0.15, 0.2) is 36.0 Å². The molecule has 0 radical (unpaired) electrons. The van der Waals surface area contributed by atoms with E-state index in [2.05, 4.69) is 44.2 Å². The SMILES string of the molecule is CCC1(P2(=O)CC=C(C)C2)C=CC=CC1. The average molecular weight is 222 g/mol. The van der Waals surface area contributed by atoms with Crippen LogP contribution in [-0.4, -0.2) is 17.5 Å². The predicted octanol–water partition coefficient (Wildman–Crippen LogP) is 3.97. The van der Waals surface area contributed by atoms with E-state index in [1.165, 1.54) is 5.57 Å². The van der Waals surface area contributed by atoms with E-state index in [9.17, 15) is 4.57 Å². The highest BCUT2D eigenvalue weighted by Gasteiger charge is 2.45. The molecule has 2 atom stereocenters.